The van der Waals surface area contributed by atoms with Gasteiger partial charge in [-0.25, -0.2) is 0 Å². The van der Waals surface area contributed by atoms with Gasteiger partial charge in [0.15, 0.2) is 0 Å². The van der Waals surface area contributed by atoms with Gasteiger partial charge in [-0.3, -0.25) is 0 Å². The Hall–Kier alpha value is -2.10. The Kier molecular flexibility index (Phi) is 2.08. The minimum absolute atomic E-state index is 0.369. The van der Waals surface area contributed by atoms with Crippen molar-refractivity contribution in [3.8, 4) is 0 Å². The second kappa shape index (κ2) is 3.20. The van der Waals surface area contributed by atoms with Gasteiger partial charge in [0.25, 0.3) is 0 Å². The van der Waals surface area contributed by atoms with Crippen molar-refractivity contribution in [2.24, 2.45) is 0 Å². The molecule has 0 radical (unpaired) electrons. The molecule has 0 spiro atoms. The molecule has 0 amide bonds. The van der Waals surface area contributed by atoms with Gasteiger partial charge in [0.2, 0.25) is 0 Å². The molecule has 0 aliphatic carbocycles. The van der Waals surface area contributed by atoms with Crippen LogP contribution in [0.4, 0.5) is 22.7 Å². The van der Waals surface area contributed by atoms with E-state index < -0.39 is 0 Å². The maximum Gasteiger partial charge on any atom is 0.0809 e. The molecule has 84 valence electrons. The fourth-order valence-electron chi connectivity index (χ4n) is 1.84. The lowest BCUT2D eigenvalue weighted by Gasteiger charge is -2.14. The predicted molar refractivity (Wildman–Crippen MR) is 71.1 cm³/mol. The summed E-state index contributed by atoms with van der Waals surface area (Å²) in [6, 6.07) is 3.98. The highest BCUT2D eigenvalue weighted by molar-refractivity contribution is 6.12. The third kappa shape index (κ3) is 1.23. The highest BCUT2D eigenvalue weighted by Gasteiger charge is 2.12. The first-order chi connectivity index (χ1) is 7.43. The zero-order valence-corrected chi connectivity index (χ0v) is 9.46. The summed E-state index contributed by atoms with van der Waals surface area (Å²) in [6.45, 7) is 4.05. The second-order valence-electron chi connectivity index (χ2n) is 4.14. The molecule has 2 aromatic rings. The van der Waals surface area contributed by atoms with Gasteiger partial charge >= 0.3 is 0 Å². The monoisotopic (exact) mass is 216 g/mol. The predicted octanol–water partition coefficient (Wildman–Crippen LogP) is 1.79. The van der Waals surface area contributed by atoms with Crippen LogP contribution in [0.3, 0.4) is 0 Å². The Balaban J connectivity index is 3.02. The molecule has 4 nitrogen and oxygen atoms in total. The summed E-state index contributed by atoms with van der Waals surface area (Å²) in [4.78, 5) is 0. The molecule has 4 heteroatoms. The molecule has 0 aliphatic heterocycles. The number of nitrogens with two attached hydrogens (primary N) is 4. The van der Waals surface area contributed by atoms with Crippen LogP contribution in [0.15, 0.2) is 12.1 Å². The van der Waals surface area contributed by atoms with E-state index >= 15 is 0 Å². The van der Waals surface area contributed by atoms with Gasteiger partial charge in [-0.1, -0.05) is 0 Å². The molecule has 8 N–H and O–H groups in total. The van der Waals surface area contributed by atoms with E-state index in [4.69, 9.17) is 22.9 Å². The number of benzene rings is 2. The smallest absolute Gasteiger partial charge is 0.0809 e. The molecule has 0 saturated heterocycles. The van der Waals surface area contributed by atoms with Crippen molar-refractivity contribution in [3.63, 3.8) is 0 Å². The van der Waals surface area contributed by atoms with E-state index in [1.807, 2.05) is 26.0 Å². The van der Waals surface area contributed by atoms with Crippen molar-refractivity contribution < 1.29 is 0 Å². The Bertz CT molecular complexity index is 535. The van der Waals surface area contributed by atoms with Gasteiger partial charge < -0.3 is 22.9 Å². The summed E-state index contributed by atoms with van der Waals surface area (Å²) >= 11 is 0. The van der Waals surface area contributed by atoms with Crippen molar-refractivity contribution in [2.45, 2.75) is 13.8 Å². The first kappa shape index (κ1) is 10.4. The number of fused-ring (bicyclic) bond motifs is 1. The molecule has 0 atom stereocenters. The van der Waals surface area contributed by atoms with Crippen molar-refractivity contribution in [3.05, 3.63) is 23.3 Å². The van der Waals surface area contributed by atoms with Gasteiger partial charge in [0, 0.05) is 10.8 Å². The van der Waals surface area contributed by atoms with Gasteiger partial charge in [-0.2, -0.15) is 0 Å². The number of hydrogen-bond acceptors (Lipinski definition) is 4. The summed E-state index contributed by atoms with van der Waals surface area (Å²) in [7, 11) is 0. The maximum atomic E-state index is 5.95. The number of aryl methyl sites for hydroxylation is 2. The Morgan fingerprint density at radius 2 is 0.938 bits per heavy atom. The van der Waals surface area contributed by atoms with Crippen molar-refractivity contribution in [2.75, 3.05) is 22.9 Å². The lowest BCUT2D eigenvalue weighted by molar-refractivity contribution is 1.37. The number of anilines is 4. The summed E-state index contributed by atoms with van der Waals surface area (Å²) in [5.74, 6) is 0. The van der Waals surface area contributed by atoms with E-state index in [2.05, 4.69) is 0 Å². The number of rotatable bonds is 0. The molecule has 0 aliphatic rings. The first-order valence-corrected chi connectivity index (χ1v) is 5.06. The van der Waals surface area contributed by atoms with Crippen LogP contribution in [-0.4, -0.2) is 0 Å². The van der Waals surface area contributed by atoms with Crippen LogP contribution in [0.1, 0.15) is 11.1 Å². The molecule has 2 rings (SSSR count). The van der Waals surface area contributed by atoms with Crippen molar-refractivity contribution in [1.82, 2.24) is 0 Å². The van der Waals surface area contributed by atoms with Crippen LogP contribution in [0.25, 0.3) is 10.8 Å². The number of nitrogen functional groups attached to an aromatic ring is 4. The second-order valence-corrected chi connectivity index (χ2v) is 4.14. The van der Waals surface area contributed by atoms with Gasteiger partial charge in [-0.05, 0) is 37.1 Å². The summed E-state index contributed by atoms with van der Waals surface area (Å²) in [5.41, 5.74) is 27.6. The van der Waals surface area contributed by atoms with E-state index in [9.17, 15) is 0 Å². The van der Waals surface area contributed by atoms with E-state index in [1.165, 1.54) is 0 Å². The van der Waals surface area contributed by atoms with E-state index in [1.54, 1.807) is 0 Å². The molecule has 0 saturated carbocycles. The molecule has 0 bridgehead atoms. The van der Waals surface area contributed by atoms with Crippen LogP contribution >= 0.6 is 0 Å². The van der Waals surface area contributed by atoms with Gasteiger partial charge in [0.1, 0.15) is 0 Å². The molecule has 0 fully saturated rings. The topological polar surface area (TPSA) is 104 Å². The molecule has 16 heavy (non-hydrogen) atoms. The average Bonchev–Trinajstić information content (AvgIpc) is 2.26. The van der Waals surface area contributed by atoms with Gasteiger partial charge in [-0.15, -0.1) is 0 Å². The zero-order chi connectivity index (χ0) is 12.0. The molecule has 0 unspecified atom stereocenters. The van der Waals surface area contributed by atoms with Crippen LogP contribution < -0.4 is 22.9 Å². The Labute approximate surface area is 94.2 Å². The molecular weight excluding hydrogens is 200 g/mol. The minimum Gasteiger partial charge on any atom is -0.396 e. The van der Waals surface area contributed by atoms with Crippen molar-refractivity contribution in [1.29, 1.82) is 0 Å². The SMILES string of the molecule is Cc1cc2c(N)c(N)c(N)c(N)c2cc1C. The molecule has 2 aromatic carbocycles. The molecular formula is C12H16N4. The highest BCUT2D eigenvalue weighted by Crippen LogP contribution is 2.39. The minimum atomic E-state index is 0.369. The van der Waals surface area contributed by atoms with Crippen molar-refractivity contribution >= 4 is 33.5 Å². The Morgan fingerprint density at radius 1 is 0.625 bits per heavy atom. The molecule has 0 aromatic heterocycles. The maximum absolute atomic E-state index is 5.95. The third-order valence-electron chi connectivity index (χ3n) is 3.08. The largest absolute Gasteiger partial charge is 0.396 e. The Morgan fingerprint density at radius 3 is 1.25 bits per heavy atom. The summed E-state index contributed by atoms with van der Waals surface area (Å²) in [6.07, 6.45) is 0. The average molecular weight is 216 g/mol. The first-order valence-electron chi connectivity index (χ1n) is 5.06. The summed E-state index contributed by atoms with van der Waals surface area (Å²) < 4.78 is 0. The quantitative estimate of drug-likeness (QED) is 0.504. The summed E-state index contributed by atoms with van der Waals surface area (Å²) in [5, 5.41) is 1.74. The third-order valence-corrected chi connectivity index (χ3v) is 3.08. The van der Waals surface area contributed by atoms with Crippen LogP contribution in [0, 0.1) is 13.8 Å². The van der Waals surface area contributed by atoms with Crippen LogP contribution in [-0.2, 0) is 0 Å². The lowest BCUT2D eigenvalue weighted by Crippen LogP contribution is -2.05. The van der Waals surface area contributed by atoms with E-state index in [-0.39, 0.29) is 0 Å². The van der Waals surface area contributed by atoms with E-state index in [0.717, 1.165) is 21.9 Å². The number of hydrogen-bond donors (Lipinski definition) is 4. The fourth-order valence-corrected chi connectivity index (χ4v) is 1.84. The standard InChI is InChI=1S/C12H16N4/c1-5-3-7-8(4-6(5)2)10(14)12(16)11(15)9(7)13/h3-4H,13-16H2,1-2H3. The van der Waals surface area contributed by atoms with E-state index in [0.29, 0.717) is 22.7 Å². The van der Waals surface area contributed by atoms with Crippen LogP contribution in [0.2, 0.25) is 0 Å². The lowest BCUT2D eigenvalue weighted by atomic mass is 9.98. The molecule has 0 heterocycles. The highest BCUT2D eigenvalue weighted by atomic mass is 14.8. The van der Waals surface area contributed by atoms with Gasteiger partial charge in [0.05, 0.1) is 22.7 Å². The normalized spacial score (nSPS) is 10.9. The fraction of sp³-hybridized carbons (Fsp3) is 0.167. The zero-order valence-electron chi connectivity index (χ0n) is 9.46. The van der Waals surface area contributed by atoms with Crippen LogP contribution in [0.5, 0.6) is 0 Å².